The molecule has 0 unspecified atom stereocenters. The first-order chi connectivity index (χ1) is 16.0. The van der Waals surface area contributed by atoms with Crippen LogP contribution in [0.15, 0.2) is 63.6 Å². The van der Waals surface area contributed by atoms with Crippen LogP contribution in [0.25, 0.3) is 21.1 Å². The minimum atomic E-state index is -0.240. The van der Waals surface area contributed by atoms with Crippen molar-refractivity contribution in [1.82, 2.24) is 19.9 Å². The number of H-pyrrole nitrogens is 2. The van der Waals surface area contributed by atoms with Gasteiger partial charge in [-0.05, 0) is 48.8 Å². The highest BCUT2D eigenvalue weighted by molar-refractivity contribution is 7.17. The van der Waals surface area contributed by atoms with Crippen LogP contribution in [0, 0.1) is 0 Å². The highest BCUT2D eigenvalue weighted by Gasteiger charge is 2.26. The van der Waals surface area contributed by atoms with Crippen LogP contribution in [0.3, 0.4) is 0 Å². The maximum absolute atomic E-state index is 13.1. The van der Waals surface area contributed by atoms with Crippen molar-refractivity contribution in [2.24, 2.45) is 5.10 Å². The molecule has 1 aromatic carbocycles. The van der Waals surface area contributed by atoms with E-state index in [1.165, 1.54) is 27.3 Å². The summed E-state index contributed by atoms with van der Waals surface area (Å²) in [5, 5.41) is 8.35. The Hall–Kier alpha value is -3.72. The number of thiophene rings is 1. The van der Waals surface area contributed by atoms with Crippen LogP contribution in [0.4, 0.5) is 5.95 Å². The number of aromatic amines is 2. The van der Waals surface area contributed by atoms with E-state index in [4.69, 9.17) is 0 Å². The van der Waals surface area contributed by atoms with Gasteiger partial charge >= 0.3 is 0 Å². The van der Waals surface area contributed by atoms with Crippen molar-refractivity contribution in [3.8, 4) is 0 Å². The molecule has 8 nitrogen and oxygen atoms in total. The van der Waals surface area contributed by atoms with Gasteiger partial charge in [-0.3, -0.25) is 14.6 Å². The van der Waals surface area contributed by atoms with Crippen molar-refractivity contribution in [2.75, 3.05) is 18.1 Å². The zero-order valence-corrected chi connectivity index (χ0v) is 19.1. The molecule has 1 aliphatic heterocycles. The average Bonchev–Trinajstić information content (AvgIpc) is 3.49. The second-order valence-electron chi connectivity index (χ2n) is 8.18. The molecule has 1 fully saturated rings. The van der Waals surface area contributed by atoms with Crippen LogP contribution in [0.2, 0.25) is 0 Å². The van der Waals surface area contributed by atoms with Gasteiger partial charge in [0.25, 0.3) is 11.5 Å². The molecule has 4 aromatic rings. The van der Waals surface area contributed by atoms with Crippen molar-refractivity contribution < 1.29 is 4.79 Å². The van der Waals surface area contributed by atoms with Gasteiger partial charge in [-0.2, -0.15) is 5.10 Å². The highest BCUT2D eigenvalue weighted by atomic mass is 32.1. The van der Waals surface area contributed by atoms with E-state index in [1.807, 2.05) is 16.3 Å². The molecule has 9 heteroatoms. The second kappa shape index (κ2) is 8.67. The molecule has 0 bridgehead atoms. The van der Waals surface area contributed by atoms with Crippen molar-refractivity contribution in [2.45, 2.75) is 25.7 Å². The molecule has 0 spiro atoms. The van der Waals surface area contributed by atoms with Gasteiger partial charge in [0.1, 0.15) is 4.70 Å². The zero-order chi connectivity index (χ0) is 22.9. The lowest BCUT2D eigenvalue weighted by Crippen LogP contribution is -2.38. The largest absolute Gasteiger partial charge is 0.361 e. The summed E-state index contributed by atoms with van der Waals surface area (Å²) in [6.07, 6.45) is 5.49. The number of likely N-dealkylation sites (tertiary alicyclic amines) is 1. The molecule has 3 aromatic heterocycles. The van der Waals surface area contributed by atoms with Crippen molar-refractivity contribution in [3.63, 3.8) is 0 Å². The number of amides is 1. The molecule has 0 radical (unpaired) electrons. The Labute approximate surface area is 194 Å². The Morgan fingerprint density at radius 3 is 2.88 bits per heavy atom. The summed E-state index contributed by atoms with van der Waals surface area (Å²) in [6.45, 7) is 6.68. The molecule has 33 heavy (non-hydrogen) atoms. The minimum Gasteiger partial charge on any atom is -0.361 e. The molecule has 1 amide bonds. The van der Waals surface area contributed by atoms with Crippen molar-refractivity contribution >= 4 is 51.0 Å². The van der Waals surface area contributed by atoms with Crippen LogP contribution >= 0.6 is 11.3 Å². The first kappa shape index (κ1) is 21.1. The third-order valence-corrected chi connectivity index (χ3v) is 7.07. The lowest BCUT2D eigenvalue weighted by atomic mass is 9.89. The smallest absolute Gasteiger partial charge is 0.270 e. The van der Waals surface area contributed by atoms with E-state index in [-0.39, 0.29) is 17.4 Å². The molecule has 1 saturated heterocycles. The first-order valence-electron chi connectivity index (χ1n) is 10.8. The summed E-state index contributed by atoms with van der Waals surface area (Å²) in [6, 6.07) is 10.1. The monoisotopic (exact) mass is 460 g/mol. The van der Waals surface area contributed by atoms with E-state index in [2.05, 4.69) is 51.2 Å². The Balaban J connectivity index is 1.29. The maximum Gasteiger partial charge on any atom is 0.270 e. The Morgan fingerprint density at radius 2 is 2.09 bits per heavy atom. The van der Waals surface area contributed by atoms with Crippen LogP contribution in [-0.2, 0) is 4.79 Å². The van der Waals surface area contributed by atoms with Gasteiger partial charge in [0.2, 0.25) is 5.95 Å². The van der Waals surface area contributed by atoms with Crippen LogP contribution in [-0.4, -0.2) is 45.6 Å². The third-order valence-electron chi connectivity index (χ3n) is 6.17. The van der Waals surface area contributed by atoms with Gasteiger partial charge in [0.05, 0.1) is 5.52 Å². The average molecular weight is 461 g/mol. The number of nitrogens with zero attached hydrogens (tertiary/aromatic N) is 4. The predicted octanol–water partition coefficient (Wildman–Crippen LogP) is 4.20. The molecule has 1 aliphatic rings. The number of hydrogen-bond acceptors (Lipinski definition) is 6. The minimum absolute atomic E-state index is 0.0556. The summed E-state index contributed by atoms with van der Waals surface area (Å²) in [7, 11) is 0. The molecule has 0 saturated carbocycles. The van der Waals surface area contributed by atoms with Gasteiger partial charge in [0, 0.05) is 48.7 Å². The SMILES string of the molecule is C=NN(/C=C(\C)C(=O)N1CCC(c2c[nH]c3ccccc23)CC1)c1nc2ccsc2c(=O)[nH]1. The number of carbonyl (C=O) groups is 1. The molecule has 2 N–H and O–H groups in total. The number of para-hydroxylation sites is 1. The number of aromatic nitrogens is 3. The van der Waals surface area contributed by atoms with Crippen LogP contribution in [0.5, 0.6) is 0 Å². The van der Waals surface area contributed by atoms with Gasteiger partial charge in [-0.1, -0.05) is 18.2 Å². The molecular formula is C24H24N6O2S. The summed E-state index contributed by atoms with van der Waals surface area (Å²) >= 11 is 1.33. The van der Waals surface area contributed by atoms with Crippen LogP contribution in [0.1, 0.15) is 31.2 Å². The number of carbonyl (C=O) groups excluding carboxylic acids is 1. The number of hydrazone groups is 1. The van der Waals surface area contributed by atoms with E-state index >= 15 is 0 Å². The molecule has 5 rings (SSSR count). The fourth-order valence-corrected chi connectivity index (χ4v) is 5.18. The lowest BCUT2D eigenvalue weighted by molar-refractivity contribution is -0.128. The third kappa shape index (κ3) is 3.95. The Kier molecular flexibility index (Phi) is 5.55. The number of benzene rings is 1. The van der Waals surface area contributed by atoms with E-state index in [1.54, 1.807) is 19.2 Å². The summed E-state index contributed by atoms with van der Waals surface area (Å²) in [5.74, 6) is 0.596. The quantitative estimate of drug-likeness (QED) is 0.265. The highest BCUT2D eigenvalue weighted by Crippen LogP contribution is 2.33. The number of piperidine rings is 1. The molecular weight excluding hydrogens is 436 g/mol. The predicted molar refractivity (Wildman–Crippen MR) is 133 cm³/mol. The standard InChI is InChI=1S/C24H24N6O2S/c1-15(14-30(25-2)24-27-20-9-12-33-21(20)22(31)28-24)23(32)29-10-7-16(8-11-29)18-13-26-19-6-4-3-5-17(18)19/h3-6,9,12-14,16,26H,2,7-8,10-11H2,1H3,(H,27,28,31)/b15-14+. The Morgan fingerprint density at radius 1 is 1.30 bits per heavy atom. The van der Waals surface area contributed by atoms with Gasteiger partial charge in [-0.25, -0.2) is 9.99 Å². The maximum atomic E-state index is 13.1. The summed E-state index contributed by atoms with van der Waals surface area (Å²) in [4.78, 5) is 37.7. The zero-order valence-electron chi connectivity index (χ0n) is 18.2. The van der Waals surface area contributed by atoms with Crippen molar-refractivity contribution in [1.29, 1.82) is 0 Å². The normalized spacial score (nSPS) is 15.3. The second-order valence-corrected chi connectivity index (χ2v) is 9.09. The number of hydrogen-bond donors (Lipinski definition) is 2. The van der Waals surface area contributed by atoms with Crippen LogP contribution < -0.4 is 10.6 Å². The fraction of sp³-hybridized carbons (Fsp3) is 0.250. The summed E-state index contributed by atoms with van der Waals surface area (Å²) in [5.41, 5.74) is 3.32. The first-order valence-corrected chi connectivity index (χ1v) is 11.7. The number of rotatable bonds is 5. The topological polar surface area (TPSA) is 97.4 Å². The molecule has 168 valence electrons. The number of fused-ring (bicyclic) bond motifs is 2. The Bertz CT molecular complexity index is 1420. The lowest BCUT2D eigenvalue weighted by Gasteiger charge is -2.32. The number of anilines is 1. The molecule has 4 heterocycles. The van der Waals surface area contributed by atoms with E-state index in [9.17, 15) is 9.59 Å². The van der Waals surface area contributed by atoms with E-state index in [0.717, 1.165) is 18.4 Å². The van der Waals surface area contributed by atoms with Gasteiger partial charge < -0.3 is 9.88 Å². The van der Waals surface area contributed by atoms with Gasteiger partial charge in [0.15, 0.2) is 0 Å². The van der Waals surface area contributed by atoms with Crippen molar-refractivity contribution in [3.05, 3.63) is 69.6 Å². The number of nitrogens with one attached hydrogen (secondary N) is 2. The molecule has 0 aliphatic carbocycles. The fourth-order valence-electron chi connectivity index (χ4n) is 4.45. The molecule has 0 atom stereocenters. The van der Waals surface area contributed by atoms with E-state index < -0.39 is 0 Å². The van der Waals surface area contributed by atoms with E-state index in [0.29, 0.717) is 34.8 Å². The van der Waals surface area contributed by atoms with Gasteiger partial charge in [-0.15, -0.1) is 11.3 Å². The summed E-state index contributed by atoms with van der Waals surface area (Å²) < 4.78 is 0.553.